The number of aryl methyl sites for hydroxylation is 2. The van der Waals surface area contributed by atoms with Gasteiger partial charge in [-0.2, -0.15) is 10.1 Å². The van der Waals surface area contributed by atoms with Crippen LogP contribution in [-0.2, 0) is 13.0 Å². The molecule has 2 N–H and O–H groups in total. The van der Waals surface area contributed by atoms with Crippen LogP contribution in [0.1, 0.15) is 23.1 Å². The molecule has 0 saturated heterocycles. The lowest BCUT2D eigenvalue weighted by atomic mass is 10.1. The summed E-state index contributed by atoms with van der Waals surface area (Å²) in [7, 11) is 0. The van der Waals surface area contributed by atoms with Gasteiger partial charge in [0.15, 0.2) is 5.82 Å². The molecule has 0 spiro atoms. The van der Waals surface area contributed by atoms with Gasteiger partial charge in [0.05, 0.1) is 6.20 Å². The number of benzene rings is 2. The van der Waals surface area contributed by atoms with Gasteiger partial charge in [0.2, 0.25) is 5.95 Å². The van der Waals surface area contributed by atoms with E-state index in [9.17, 15) is 0 Å². The highest BCUT2D eigenvalue weighted by Crippen LogP contribution is 2.09. The smallest absolute Gasteiger partial charge is 0.244 e. The molecule has 2 aromatic carbocycles. The normalized spacial score (nSPS) is 10.4. The Hall–Kier alpha value is -2.95. The molecule has 0 fully saturated rings. The van der Waals surface area contributed by atoms with Crippen LogP contribution in [0.5, 0.6) is 0 Å². The monoisotopic (exact) mass is 333 g/mol. The van der Waals surface area contributed by atoms with Crippen molar-refractivity contribution in [2.24, 2.45) is 0 Å². The molecule has 3 aromatic rings. The van der Waals surface area contributed by atoms with E-state index in [1.54, 1.807) is 6.20 Å². The summed E-state index contributed by atoms with van der Waals surface area (Å²) < 4.78 is 0. The summed E-state index contributed by atoms with van der Waals surface area (Å²) in [4.78, 5) is 4.46. The molecule has 0 atom stereocenters. The molecule has 0 bridgehead atoms. The zero-order valence-electron chi connectivity index (χ0n) is 14.4. The summed E-state index contributed by atoms with van der Waals surface area (Å²) in [5.41, 5.74) is 3.81. The Morgan fingerprint density at radius 1 is 0.920 bits per heavy atom. The summed E-state index contributed by atoms with van der Waals surface area (Å²) in [5, 5.41) is 14.6. The van der Waals surface area contributed by atoms with Crippen LogP contribution in [0.4, 0.5) is 11.8 Å². The second-order valence-corrected chi connectivity index (χ2v) is 6.02. The number of rotatable bonds is 8. The standard InChI is InChI=1S/C20H23N5/c1-16-7-5-10-18(13-16)14-22-19-15-23-25-20(24-19)21-12-6-11-17-8-3-2-4-9-17/h2-5,7-10,13,15H,6,11-12,14H2,1H3,(H2,21,22,24,25). The van der Waals surface area contributed by atoms with Gasteiger partial charge in [-0.05, 0) is 30.9 Å². The van der Waals surface area contributed by atoms with E-state index in [1.807, 2.05) is 6.07 Å². The molecule has 0 saturated carbocycles. The minimum absolute atomic E-state index is 0.558. The molecule has 0 radical (unpaired) electrons. The van der Waals surface area contributed by atoms with E-state index < -0.39 is 0 Å². The van der Waals surface area contributed by atoms with E-state index in [-0.39, 0.29) is 0 Å². The summed E-state index contributed by atoms with van der Waals surface area (Å²) >= 11 is 0. The maximum absolute atomic E-state index is 4.46. The zero-order valence-corrected chi connectivity index (χ0v) is 14.4. The summed E-state index contributed by atoms with van der Waals surface area (Å²) in [6.45, 7) is 3.62. The highest BCUT2D eigenvalue weighted by Gasteiger charge is 2.01. The van der Waals surface area contributed by atoms with Crippen molar-refractivity contribution in [1.82, 2.24) is 15.2 Å². The topological polar surface area (TPSA) is 62.7 Å². The van der Waals surface area contributed by atoms with Crippen molar-refractivity contribution in [2.75, 3.05) is 17.2 Å². The quantitative estimate of drug-likeness (QED) is 0.613. The molecule has 1 heterocycles. The largest absolute Gasteiger partial charge is 0.365 e. The van der Waals surface area contributed by atoms with Crippen LogP contribution in [0.2, 0.25) is 0 Å². The lowest BCUT2D eigenvalue weighted by Gasteiger charge is -2.08. The molecular weight excluding hydrogens is 310 g/mol. The lowest BCUT2D eigenvalue weighted by Crippen LogP contribution is -2.09. The number of nitrogens with one attached hydrogen (secondary N) is 2. The van der Waals surface area contributed by atoms with Crippen molar-refractivity contribution in [3.63, 3.8) is 0 Å². The SMILES string of the molecule is Cc1cccc(CNc2cnnc(NCCCc3ccccc3)n2)c1. The van der Waals surface area contributed by atoms with E-state index >= 15 is 0 Å². The Labute approximate surface area is 148 Å². The number of hydrogen-bond acceptors (Lipinski definition) is 5. The molecular formula is C20H23N5. The van der Waals surface area contributed by atoms with Gasteiger partial charge in [0.25, 0.3) is 0 Å². The van der Waals surface area contributed by atoms with Gasteiger partial charge in [-0.25, -0.2) is 0 Å². The van der Waals surface area contributed by atoms with Crippen molar-refractivity contribution in [3.05, 3.63) is 77.5 Å². The molecule has 25 heavy (non-hydrogen) atoms. The van der Waals surface area contributed by atoms with Crippen molar-refractivity contribution in [3.8, 4) is 0 Å². The third-order valence-electron chi connectivity index (χ3n) is 3.88. The predicted molar refractivity (Wildman–Crippen MR) is 102 cm³/mol. The first-order valence-corrected chi connectivity index (χ1v) is 8.56. The summed E-state index contributed by atoms with van der Waals surface area (Å²) in [6.07, 6.45) is 3.70. The fourth-order valence-electron chi connectivity index (χ4n) is 2.62. The van der Waals surface area contributed by atoms with Crippen LogP contribution in [0.15, 0.2) is 60.8 Å². The van der Waals surface area contributed by atoms with Crippen molar-refractivity contribution in [1.29, 1.82) is 0 Å². The van der Waals surface area contributed by atoms with Gasteiger partial charge < -0.3 is 10.6 Å². The second-order valence-electron chi connectivity index (χ2n) is 6.02. The Balaban J connectivity index is 1.46. The first-order valence-electron chi connectivity index (χ1n) is 8.56. The molecule has 5 heteroatoms. The summed E-state index contributed by atoms with van der Waals surface area (Å²) in [5.74, 6) is 1.28. The third-order valence-corrected chi connectivity index (χ3v) is 3.88. The van der Waals surface area contributed by atoms with Gasteiger partial charge in [0.1, 0.15) is 0 Å². The van der Waals surface area contributed by atoms with Crippen molar-refractivity contribution >= 4 is 11.8 Å². The maximum Gasteiger partial charge on any atom is 0.244 e. The summed E-state index contributed by atoms with van der Waals surface area (Å²) in [6, 6.07) is 18.9. The average molecular weight is 333 g/mol. The van der Waals surface area contributed by atoms with E-state index in [4.69, 9.17) is 0 Å². The minimum Gasteiger partial charge on any atom is -0.365 e. The molecule has 128 valence electrons. The molecule has 0 aliphatic rings. The highest BCUT2D eigenvalue weighted by atomic mass is 15.3. The number of nitrogens with zero attached hydrogens (tertiary/aromatic N) is 3. The maximum atomic E-state index is 4.46. The minimum atomic E-state index is 0.558. The highest BCUT2D eigenvalue weighted by molar-refractivity contribution is 5.38. The Morgan fingerprint density at radius 2 is 1.76 bits per heavy atom. The molecule has 0 aliphatic heterocycles. The number of aromatic nitrogens is 3. The van der Waals surface area contributed by atoms with Gasteiger partial charge in [0, 0.05) is 13.1 Å². The van der Waals surface area contributed by atoms with Crippen LogP contribution >= 0.6 is 0 Å². The fraction of sp³-hybridized carbons (Fsp3) is 0.250. The first kappa shape index (κ1) is 16.9. The van der Waals surface area contributed by atoms with E-state index in [0.717, 1.165) is 25.2 Å². The molecule has 0 aliphatic carbocycles. The van der Waals surface area contributed by atoms with Crippen LogP contribution in [0, 0.1) is 6.92 Å². The van der Waals surface area contributed by atoms with Crippen LogP contribution in [0.25, 0.3) is 0 Å². The fourth-order valence-corrected chi connectivity index (χ4v) is 2.62. The van der Waals surface area contributed by atoms with Crippen molar-refractivity contribution < 1.29 is 0 Å². The number of hydrogen-bond donors (Lipinski definition) is 2. The predicted octanol–water partition coefficient (Wildman–Crippen LogP) is 3.84. The van der Waals surface area contributed by atoms with E-state index in [0.29, 0.717) is 12.5 Å². The zero-order chi connectivity index (χ0) is 17.3. The average Bonchev–Trinajstić information content (AvgIpc) is 2.65. The lowest BCUT2D eigenvalue weighted by molar-refractivity contribution is 0.842. The number of anilines is 2. The van der Waals surface area contributed by atoms with Crippen LogP contribution in [-0.4, -0.2) is 21.7 Å². The van der Waals surface area contributed by atoms with E-state index in [2.05, 4.69) is 81.3 Å². The van der Waals surface area contributed by atoms with Crippen LogP contribution < -0.4 is 10.6 Å². The molecule has 3 rings (SSSR count). The first-order chi connectivity index (χ1) is 12.3. The van der Waals surface area contributed by atoms with Crippen molar-refractivity contribution in [2.45, 2.75) is 26.3 Å². The Bertz CT molecular complexity index is 789. The van der Waals surface area contributed by atoms with Gasteiger partial charge in [-0.1, -0.05) is 60.2 Å². The molecule has 0 amide bonds. The van der Waals surface area contributed by atoms with Gasteiger partial charge in [-0.3, -0.25) is 0 Å². The van der Waals surface area contributed by atoms with Gasteiger partial charge >= 0.3 is 0 Å². The molecule has 5 nitrogen and oxygen atoms in total. The Kier molecular flexibility index (Phi) is 5.93. The molecule has 1 aromatic heterocycles. The van der Waals surface area contributed by atoms with Crippen LogP contribution in [0.3, 0.4) is 0 Å². The van der Waals surface area contributed by atoms with E-state index in [1.165, 1.54) is 16.7 Å². The Morgan fingerprint density at radius 3 is 2.60 bits per heavy atom. The van der Waals surface area contributed by atoms with Gasteiger partial charge in [-0.15, -0.1) is 5.10 Å². The molecule has 0 unspecified atom stereocenters. The second kappa shape index (κ2) is 8.78. The third kappa shape index (κ3) is 5.57.